The fraction of sp³-hybridized carbons (Fsp3) is 0.316. The van der Waals surface area contributed by atoms with E-state index in [-0.39, 0.29) is 16.9 Å². The van der Waals surface area contributed by atoms with Crippen molar-refractivity contribution in [2.45, 2.75) is 30.9 Å². The second kappa shape index (κ2) is 6.00. The predicted molar refractivity (Wildman–Crippen MR) is 90.6 cm³/mol. The van der Waals surface area contributed by atoms with E-state index < -0.39 is 11.9 Å². The predicted octanol–water partition coefficient (Wildman–Crippen LogP) is 5.03. The Bertz CT molecular complexity index is 924. The topological polar surface area (TPSA) is 29.3 Å². The summed E-state index contributed by atoms with van der Waals surface area (Å²) in [7, 11) is 0. The van der Waals surface area contributed by atoms with Gasteiger partial charge in [0.15, 0.2) is 5.69 Å². The van der Waals surface area contributed by atoms with Crippen LogP contribution in [-0.2, 0) is 11.6 Å². The molecule has 0 spiro atoms. The number of imidazole rings is 1. The number of fused-ring (bicyclic) bond motifs is 1. The Kier molecular flexibility index (Phi) is 3.89. The van der Waals surface area contributed by atoms with Gasteiger partial charge < -0.3 is 5.32 Å². The summed E-state index contributed by atoms with van der Waals surface area (Å²) >= 11 is 0. The molecule has 0 unspecified atom stereocenters. The van der Waals surface area contributed by atoms with Crippen LogP contribution in [0.1, 0.15) is 30.5 Å². The largest absolute Gasteiger partial charge is 0.434 e. The molecule has 0 bridgehead atoms. The number of alkyl halides is 3. The number of halogens is 4. The fourth-order valence-corrected chi connectivity index (χ4v) is 3.53. The van der Waals surface area contributed by atoms with Crippen molar-refractivity contribution >= 4 is 11.5 Å². The van der Waals surface area contributed by atoms with Gasteiger partial charge in [-0.3, -0.25) is 4.40 Å². The minimum atomic E-state index is -4.48. The number of nitrogens with zero attached hydrogens (tertiary/aromatic N) is 2. The second-order valence-electron chi connectivity index (χ2n) is 6.76. The molecule has 26 heavy (non-hydrogen) atoms. The van der Waals surface area contributed by atoms with Crippen molar-refractivity contribution < 1.29 is 17.6 Å². The van der Waals surface area contributed by atoms with E-state index in [2.05, 4.69) is 10.3 Å². The van der Waals surface area contributed by atoms with Gasteiger partial charge >= 0.3 is 6.18 Å². The fourth-order valence-electron chi connectivity index (χ4n) is 3.53. The van der Waals surface area contributed by atoms with Crippen molar-refractivity contribution in [2.75, 3.05) is 11.9 Å². The highest BCUT2D eigenvalue weighted by molar-refractivity contribution is 5.52. The van der Waals surface area contributed by atoms with Crippen LogP contribution in [0.15, 0.2) is 48.7 Å². The van der Waals surface area contributed by atoms with Gasteiger partial charge in [0.05, 0.1) is 0 Å². The number of nitrogens with one attached hydrogen (secondary N) is 1. The van der Waals surface area contributed by atoms with Crippen LogP contribution in [0.4, 0.5) is 23.4 Å². The molecule has 1 saturated carbocycles. The van der Waals surface area contributed by atoms with E-state index in [4.69, 9.17) is 0 Å². The highest BCUT2D eigenvalue weighted by Gasteiger charge is 2.39. The van der Waals surface area contributed by atoms with E-state index in [1.165, 1.54) is 16.5 Å². The third kappa shape index (κ3) is 2.91. The number of pyridine rings is 1. The molecule has 0 saturated heterocycles. The monoisotopic (exact) mass is 363 g/mol. The smallest absolute Gasteiger partial charge is 0.370 e. The van der Waals surface area contributed by atoms with E-state index in [0.29, 0.717) is 12.4 Å². The van der Waals surface area contributed by atoms with Crippen LogP contribution in [0.2, 0.25) is 0 Å². The first-order valence-electron chi connectivity index (χ1n) is 8.43. The third-order valence-electron chi connectivity index (χ3n) is 5.16. The summed E-state index contributed by atoms with van der Waals surface area (Å²) in [5.41, 5.74) is 0.255. The molecule has 3 aromatic rings. The van der Waals surface area contributed by atoms with Crippen molar-refractivity contribution in [3.05, 3.63) is 65.7 Å². The number of hydrogen-bond acceptors (Lipinski definition) is 2. The first-order chi connectivity index (χ1) is 12.4. The lowest BCUT2D eigenvalue weighted by atomic mass is 9.64. The van der Waals surface area contributed by atoms with Gasteiger partial charge in [0.1, 0.15) is 17.3 Å². The molecule has 7 heteroatoms. The Morgan fingerprint density at radius 2 is 1.81 bits per heavy atom. The number of aromatic nitrogens is 2. The average Bonchev–Trinajstić information content (AvgIpc) is 3.00. The summed E-state index contributed by atoms with van der Waals surface area (Å²) < 4.78 is 53.4. The Morgan fingerprint density at radius 3 is 2.42 bits per heavy atom. The Labute approximate surface area is 147 Å². The first-order valence-corrected chi connectivity index (χ1v) is 8.43. The molecule has 3 nitrogen and oxygen atoms in total. The van der Waals surface area contributed by atoms with Crippen molar-refractivity contribution in [1.29, 1.82) is 0 Å². The van der Waals surface area contributed by atoms with Crippen molar-refractivity contribution in [2.24, 2.45) is 0 Å². The van der Waals surface area contributed by atoms with Crippen LogP contribution in [0, 0.1) is 5.82 Å². The molecule has 1 aromatic carbocycles. The normalized spacial score (nSPS) is 16.5. The zero-order chi connectivity index (χ0) is 18.4. The van der Waals surface area contributed by atoms with Crippen molar-refractivity contribution in [1.82, 2.24) is 9.38 Å². The Morgan fingerprint density at radius 1 is 1.08 bits per heavy atom. The lowest BCUT2D eigenvalue weighted by Gasteiger charge is -2.43. The van der Waals surface area contributed by atoms with Gasteiger partial charge in [0.2, 0.25) is 0 Å². The zero-order valence-corrected chi connectivity index (χ0v) is 13.9. The van der Waals surface area contributed by atoms with Crippen LogP contribution < -0.4 is 5.32 Å². The molecule has 1 aliphatic rings. The van der Waals surface area contributed by atoms with Crippen LogP contribution in [0.5, 0.6) is 0 Å². The first kappa shape index (κ1) is 16.9. The van der Waals surface area contributed by atoms with Gasteiger partial charge in [-0.25, -0.2) is 9.37 Å². The van der Waals surface area contributed by atoms with E-state index in [1.54, 1.807) is 30.3 Å². The lowest BCUT2D eigenvalue weighted by molar-refractivity contribution is -0.140. The molecule has 4 rings (SSSR count). The molecular weight excluding hydrogens is 346 g/mol. The van der Waals surface area contributed by atoms with Crippen LogP contribution in [0.3, 0.4) is 0 Å². The molecular formula is C19H17F4N3. The molecule has 0 atom stereocenters. The maximum Gasteiger partial charge on any atom is 0.434 e. The molecule has 1 aliphatic carbocycles. The summed E-state index contributed by atoms with van der Waals surface area (Å²) in [5, 5.41) is 3.27. The van der Waals surface area contributed by atoms with Gasteiger partial charge in [0.25, 0.3) is 0 Å². The number of hydrogen-bond donors (Lipinski definition) is 1. The average molecular weight is 363 g/mol. The maximum atomic E-state index is 13.2. The van der Waals surface area contributed by atoms with Crippen molar-refractivity contribution in [3.8, 4) is 0 Å². The van der Waals surface area contributed by atoms with Gasteiger partial charge in [-0.05, 0) is 42.7 Å². The molecule has 2 heterocycles. The van der Waals surface area contributed by atoms with Gasteiger partial charge in [-0.1, -0.05) is 24.6 Å². The van der Waals surface area contributed by atoms with Crippen LogP contribution in [0.25, 0.3) is 5.65 Å². The van der Waals surface area contributed by atoms with Gasteiger partial charge in [-0.15, -0.1) is 0 Å². The maximum absolute atomic E-state index is 13.2. The highest BCUT2D eigenvalue weighted by Crippen LogP contribution is 2.44. The Balaban J connectivity index is 1.61. The molecule has 1 fully saturated rings. The minimum Gasteiger partial charge on any atom is -0.370 e. The van der Waals surface area contributed by atoms with E-state index in [1.807, 2.05) is 0 Å². The number of anilines is 1. The summed E-state index contributed by atoms with van der Waals surface area (Å²) in [4.78, 5) is 3.65. The molecule has 0 amide bonds. The van der Waals surface area contributed by atoms with Crippen LogP contribution in [-0.4, -0.2) is 15.9 Å². The standard InChI is InChI=1S/C19H17F4N3/c20-14-7-5-13(6-8-14)18(9-2-10-18)12-24-16-3-1-4-17-25-15(11-26(16)17)19(21,22)23/h1,3-8,11,24H,2,9-10,12H2. The van der Waals surface area contributed by atoms with Gasteiger partial charge in [0, 0.05) is 18.2 Å². The summed E-state index contributed by atoms with van der Waals surface area (Å²) in [6, 6.07) is 11.4. The van der Waals surface area contributed by atoms with E-state index in [0.717, 1.165) is 31.0 Å². The summed E-state index contributed by atoms with van der Waals surface area (Å²) in [6.45, 7) is 0.567. The van der Waals surface area contributed by atoms with Crippen molar-refractivity contribution in [3.63, 3.8) is 0 Å². The molecule has 2 aromatic heterocycles. The summed E-state index contributed by atoms with van der Waals surface area (Å²) in [6.07, 6.45) is -0.485. The quantitative estimate of drug-likeness (QED) is 0.659. The Hall–Kier alpha value is -2.57. The van der Waals surface area contributed by atoms with E-state index >= 15 is 0 Å². The number of benzene rings is 1. The molecule has 136 valence electrons. The molecule has 1 N–H and O–H groups in total. The van der Waals surface area contributed by atoms with Crippen LogP contribution >= 0.6 is 0 Å². The van der Waals surface area contributed by atoms with E-state index in [9.17, 15) is 17.6 Å². The third-order valence-corrected chi connectivity index (χ3v) is 5.16. The molecule has 0 radical (unpaired) electrons. The minimum absolute atomic E-state index is 0.122. The summed E-state index contributed by atoms with van der Waals surface area (Å²) in [5.74, 6) is 0.276. The van der Waals surface area contributed by atoms with Gasteiger partial charge in [-0.2, -0.15) is 13.2 Å². The SMILES string of the molecule is Fc1ccc(C2(CNc3cccc4nc(C(F)(F)F)cn34)CCC2)cc1. The highest BCUT2D eigenvalue weighted by atomic mass is 19.4. The zero-order valence-electron chi connectivity index (χ0n) is 13.9. The second-order valence-corrected chi connectivity index (χ2v) is 6.76. The molecule has 0 aliphatic heterocycles. The number of rotatable bonds is 4. The lowest BCUT2D eigenvalue weighted by Crippen LogP contribution is -2.41.